The van der Waals surface area contributed by atoms with Crippen molar-refractivity contribution in [3.8, 4) is 0 Å². The van der Waals surface area contributed by atoms with Gasteiger partial charge in [-0.25, -0.2) is 0 Å². The summed E-state index contributed by atoms with van der Waals surface area (Å²) < 4.78 is 0. The summed E-state index contributed by atoms with van der Waals surface area (Å²) in [6, 6.07) is 9.54. The van der Waals surface area contributed by atoms with Crippen molar-refractivity contribution in [1.82, 2.24) is 4.90 Å². The number of nitrogens with zero attached hydrogens (tertiary/aromatic N) is 1. The highest BCUT2D eigenvalue weighted by Gasteiger charge is 2.35. The van der Waals surface area contributed by atoms with E-state index in [0.717, 1.165) is 44.3 Å². The van der Waals surface area contributed by atoms with Gasteiger partial charge < -0.3 is 10.0 Å². The van der Waals surface area contributed by atoms with Crippen LogP contribution in [0.15, 0.2) is 30.3 Å². The molecule has 0 aromatic heterocycles. The molecular weight excluding hydrogens is 238 g/mol. The van der Waals surface area contributed by atoms with Crippen molar-refractivity contribution in [3.05, 3.63) is 35.9 Å². The maximum atomic E-state index is 12.4. The summed E-state index contributed by atoms with van der Waals surface area (Å²) in [4.78, 5) is 14.4. The van der Waals surface area contributed by atoms with Gasteiger partial charge in [0, 0.05) is 18.7 Å². The minimum atomic E-state index is -0.113. The molecule has 1 N–H and O–H groups in total. The van der Waals surface area contributed by atoms with E-state index in [1.807, 2.05) is 35.2 Å². The number of aliphatic hydroxyl groups is 1. The molecule has 1 aliphatic heterocycles. The number of hydrogen-bond donors (Lipinski definition) is 1. The van der Waals surface area contributed by atoms with Gasteiger partial charge >= 0.3 is 0 Å². The molecule has 2 fully saturated rings. The third-order valence-corrected chi connectivity index (χ3v) is 4.64. The predicted molar refractivity (Wildman–Crippen MR) is 73.8 cm³/mol. The minimum Gasteiger partial charge on any atom is -0.393 e. The number of fused-ring (bicyclic) bond motifs is 1. The average molecular weight is 259 g/mol. The Hall–Kier alpha value is -1.35. The molecule has 3 nitrogen and oxygen atoms in total. The van der Waals surface area contributed by atoms with Crippen molar-refractivity contribution in [2.24, 2.45) is 11.8 Å². The maximum absolute atomic E-state index is 12.4. The Labute approximate surface area is 114 Å². The molecule has 0 radical (unpaired) electrons. The molecule has 1 heterocycles. The number of amides is 1. The van der Waals surface area contributed by atoms with Gasteiger partial charge in [-0.2, -0.15) is 0 Å². The van der Waals surface area contributed by atoms with E-state index in [9.17, 15) is 9.90 Å². The van der Waals surface area contributed by atoms with Crippen LogP contribution >= 0.6 is 0 Å². The summed E-state index contributed by atoms with van der Waals surface area (Å²) in [5.74, 6) is 1.36. The van der Waals surface area contributed by atoms with Gasteiger partial charge in [0.2, 0.25) is 0 Å². The van der Waals surface area contributed by atoms with Crippen LogP contribution in [0.1, 0.15) is 36.0 Å². The fourth-order valence-corrected chi connectivity index (χ4v) is 3.54. The van der Waals surface area contributed by atoms with E-state index in [4.69, 9.17) is 0 Å². The fourth-order valence-electron chi connectivity index (χ4n) is 3.54. The molecule has 1 aromatic carbocycles. The monoisotopic (exact) mass is 259 g/mol. The first kappa shape index (κ1) is 12.7. The molecule has 102 valence electrons. The molecule has 19 heavy (non-hydrogen) atoms. The lowest BCUT2D eigenvalue weighted by Crippen LogP contribution is -2.46. The third-order valence-electron chi connectivity index (χ3n) is 4.64. The van der Waals surface area contributed by atoms with Gasteiger partial charge in [0.05, 0.1) is 6.10 Å². The molecule has 3 rings (SSSR count). The Morgan fingerprint density at radius 2 is 1.89 bits per heavy atom. The molecule has 3 heteroatoms. The molecule has 1 aliphatic carbocycles. The van der Waals surface area contributed by atoms with Crippen molar-refractivity contribution < 1.29 is 9.90 Å². The van der Waals surface area contributed by atoms with E-state index in [1.54, 1.807) is 0 Å². The number of hydrogen-bond acceptors (Lipinski definition) is 2. The summed E-state index contributed by atoms with van der Waals surface area (Å²) in [6.07, 6.45) is 3.81. The van der Waals surface area contributed by atoms with E-state index in [2.05, 4.69) is 0 Å². The standard InChI is InChI=1S/C16H21NO2/c18-15-7-6-14-11-17(9-8-13(14)10-15)16(19)12-4-2-1-3-5-12/h1-5,13-15,18H,6-11H2/t13-,14+,15?/m0/s1. The second-order valence-corrected chi connectivity index (χ2v) is 5.89. The van der Waals surface area contributed by atoms with Crippen LogP contribution in [0, 0.1) is 11.8 Å². The number of benzene rings is 1. The van der Waals surface area contributed by atoms with Gasteiger partial charge in [0.15, 0.2) is 0 Å². The van der Waals surface area contributed by atoms with E-state index in [-0.39, 0.29) is 12.0 Å². The first-order valence-corrected chi connectivity index (χ1v) is 7.26. The first-order valence-electron chi connectivity index (χ1n) is 7.26. The highest BCUT2D eigenvalue weighted by atomic mass is 16.3. The highest BCUT2D eigenvalue weighted by molar-refractivity contribution is 5.94. The van der Waals surface area contributed by atoms with Crippen LogP contribution in [0.25, 0.3) is 0 Å². The van der Waals surface area contributed by atoms with E-state index in [1.165, 1.54) is 0 Å². The van der Waals surface area contributed by atoms with Crippen molar-refractivity contribution in [3.63, 3.8) is 0 Å². The zero-order valence-corrected chi connectivity index (χ0v) is 11.2. The average Bonchev–Trinajstić information content (AvgIpc) is 2.47. The molecule has 2 aliphatic rings. The van der Waals surface area contributed by atoms with Crippen molar-refractivity contribution in [2.45, 2.75) is 31.8 Å². The molecular formula is C16H21NO2. The number of aliphatic hydroxyl groups excluding tert-OH is 1. The smallest absolute Gasteiger partial charge is 0.253 e. The van der Waals surface area contributed by atoms with Crippen LogP contribution in [0.2, 0.25) is 0 Å². The lowest BCUT2D eigenvalue weighted by Gasteiger charge is -2.42. The fraction of sp³-hybridized carbons (Fsp3) is 0.562. The summed E-state index contributed by atoms with van der Waals surface area (Å²) in [5, 5.41) is 9.72. The molecule has 1 aromatic rings. The number of carbonyl (C=O) groups is 1. The Bertz CT molecular complexity index is 445. The van der Waals surface area contributed by atoms with Crippen LogP contribution < -0.4 is 0 Å². The Morgan fingerprint density at radius 1 is 1.11 bits per heavy atom. The number of piperidine rings is 1. The van der Waals surface area contributed by atoms with Gasteiger partial charge in [-0.15, -0.1) is 0 Å². The van der Waals surface area contributed by atoms with Crippen LogP contribution in [0.4, 0.5) is 0 Å². The summed E-state index contributed by atoms with van der Waals surface area (Å²) in [6.45, 7) is 1.70. The zero-order valence-electron chi connectivity index (χ0n) is 11.2. The lowest BCUT2D eigenvalue weighted by molar-refractivity contribution is 0.0196. The number of likely N-dealkylation sites (tertiary alicyclic amines) is 1. The summed E-state index contributed by atoms with van der Waals surface area (Å²) in [7, 11) is 0. The normalized spacial score (nSPS) is 30.8. The third kappa shape index (κ3) is 2.66. The lowest BCUT2D eigenvalue weighted by atomic mass is 9.74. The molecule has 0 spiro atoms. The second kappa shape index (κ2) is 5.33. The van der Waals surface area contributed by atoms with Crippen molar-refractivity contribution in [2.75, 3.05) is 13.1 Å². The highest BCUT2D eigenvalue weighted by Crippen LogP contribution is 2.36. The van der Waals surface area contributed by atoms with Crippen molar-refractivity contribution in [1.29, 1.82) is 0 Å². The first-order chi connectivity index (χ1) is 9.24. The van der Waals surface area contributed by atoms with Crippen LogP contribution in [0.5, 0.6) is 0 Å². The molecule has 1 amide bonds. The number of rotatable bonds is 1. The van der Waals surface area contributed by atoms with Crippen LogP contribution in [-0.4, -0.2) is 35.1 Å². The van der Waals surface area contributed by atoms with Gasteiger partial charge in [-0.1, -0.05) is 18.2 Å². The van der Waals surface area contributed by atoms with E-state index >= 15 is 0 Å². The van der Waals surface area contributed by atoms with Gasteiger partial charge in [0.1, 0.15) is 0 Å². The molecule has 1 saturated carbocycles. The van der Waals surface area contributed by atoms with Gasteiger partial charge in [0.25, 0.3) is 5.91 Å². The molecule has 3 atom stereocenters. The predicted octanol–water partition coefficient (Wildman–Crippen LogP) is 2.31. The van der Waals surface area contributed by atoms with Gasteiger partial charge in [-0.3, -0.25) is 4.79 Å². The topological polar surface area (TPSA) is 40.5 Å². The SMILES string of the molecule is O=C(c1ccccc1)N1CC[C@H]2CC(O)CC[C@@H]2C1. The Morgan fingerprint density at radius 3 is 2.68 bits per heavy atom. The maximum Gasteiger partial charge on any atom is 0.253 e. The molecule has 1 unspecified atom stereocenters. The van der Waals surface area contributed by atoms with Crippen molar-refractivity contribution >= 4 is 5.91 Å². The summed E-state index contributed by atoms with van der Waals surface area (Å²) in [5.41, 5.74) is 0.789. The largest absolute Gasteiger partial charge is 0.393 e. The van der Waals surface area contributed by atoms with E-state index in [0.29, 0.717) is 11.8 Å². The minimum absolute atomic E-state index is 0.113. The molecule has 1 saturated heterocycles. The Kier molecular flexibility index (Phi) is 3.56. The molecule has 0 bridgehead atoms. The van der Waals surface area contributed by atoms with Crippen LogP contribution in [-0.2, 0) is 0 Å². The Balaban J connectivity index is 1.67. The zero-order chi connectivity index (χ0) is 13.2. The quantitative estimate of drug-likeness (QED) is 0.840. The number of carbonyl (C=O) groups excluding carboxylic acids is 1. The van der Waals surface area contributed by atoms with Crippen LogP contribution in [0.3, 0.4) is 0 Å². The van der Waals surface area contributed by atoms with Gasteiger partial charge in [-0.05, 0) is 49.7 Å². The second-order valence-electron chi connectivity index (χ2n) is 5.89. The van der Waals surface area contributed by atoms with E-state index < -0.39 is 0 Å². The summed E-state index contributed by atoms with van der Waals surface area (Å²) >= 11 is 0.